The molecule has 0 saturated heterocycles. The molecule has 12 heteroatoms. The third kappa shape index (κ3) is 290. The fourth-order valence-electron chi connectivity index (χ4n) is 0. The van der Waals surface area contributed by atoms with Crippen molar-refractivity contribution in [3.63, 3.8) is 0 Å². The zero-order chi connectivity index (χ0) is 8.08. The van der Waals surface area contributed by atoms with Crippen LogP contribution in [0, 0.1) is 0 Å². The maximum atomic E-state index is 8.55. The molecule has 0 aromatic carbocycles. The van der Waals surface area contributed by atoms with E-state index >= 15 is 0 Å². The first-order chi connectivity index (χ1) is 3.73. The van der Waals surface area contributed by atoms with E-state index < -0.39 is 14.0 Å². The first-order valence-electron chi connectivity index (χ1n) is 1.34. The Balaban J connectivity index is -0.0000000146. The topological polar surface area (TPSA) is 149 Å². The van der Waals surface area contributed by atoms with Gasteiger partial charge in [0.1, 0.15) is 0 Å². The molecule has 13 heavy (non-hydrogen) atoms. The molecule has 0 heterocycles. The van der Waals surface area contributed by atoms with Crippen molar-refractivity contribution in [3.8, 4) is 0 Å². The predicted molar refractivity (Wildman–Crippen MR) is 36.0 cm³/mol. The van der Waals surface area contributed by atoms with Crippen LogP contribution in [0.5, 0.6) is 0 Å². The third-order valence-corrected chi connectivity index (χ3v) is 0. The van der Waals surface area contributed by atoms with Gasteiger partial charge in [-0.25, -0.2) is 0 Å². The van der Waals surface area contributed by atoms with E-state index in [0.717, 1.165) is 0 Å². The molecule has 0 unspecified atom stereocenters. The monoisotopic (exact) mass is 267 g/mol. The molecular formula is CCaMg3O7P+3. The maximum absolute atomic E-state index is 8.55. The van der Waals surface area contributed by atoms with E-state index in [1.54, 1.807) is 0 Å². The van der Waals surface area contributed by atoms with Gasteiger partial charge in [0, 0.05) is 0 Å². The van der Waals surface area contributed by atoms with Crippen LogP contribution >= 0.6 is 7.82 Å². The molecule has 0 spiro atoms. The van der Waals surface area contributed by atoms with Gasteiger partial charge in [-0.15, -0.1) is 0 Å². The molecule has 7 nitrogen and oxygen atoms in total. The smallest absolute Gasteiger partial charge is 0.822 e. The number of carboxylic acid groups (broad SMARTS) is 2. The number of carbonyl (C=O) groups is 1. The quantitative estimate of drug-likeness (QED) is 0.313. The van der Waals surface area contributed by atoms with E-state index in [-0.39, 0.29) is 107 Å². The molecule has 0 aliphatic carbocycles. The van der Waals surface area contributed by atoms with E-state index in [2.05, 4.69) is 0 Å². The summed E-state index contributed by atoms with van der Waals surface area (Å²) in [7, 11) is -5.39. The number of phosphoric acid groups is 1. The molecule has 0 fully saturated rings. The predicted octanol–water partition coefficient (Wildman–Crippen LogP) is -6.79. The molecule has 0 aromatic heterocycles. The standard InChI is InChI=1S/CH2O3.Ca.3Mg.H3O4P/c2-1(3)4;;;;;1-5(2,3)4/h(H2,2,3,4);;;;;(H3,1,2,3,4)/q;4*+2;/p-5. The second-order valence-corrected chi connectivity index (χ2v) is 1.59. The fourth-order valence-corrected chi connectivity index (χ4v) is 0. The number of carbonyl (C=O) groups excluding carboxylic acids is 1. The summed E-state index contributed by atoms with van der Waals surface area (Å²) >= 11 is 0. The van der Waals surface area contributed by atoms with Gasteiger partial charge >= 0.3 is 107 Å². The first-order valence-corrected chi connectivity index (χ1v) is 2.80. The van der Waals surface area contributed by atoms with Gasteiger partial charge < -0.3 is 34.3 Å². The summed E-state index contributed by atoms with van der Waals surface area (Å²) in [5.74, 6) is 0. The summed E-state index contributed by atoms with van der Waals surface area (Å²) in [4.78, 5) is 34.0. The fraction of sp³-hybridized carbons (Fsp3) is 0. The second kappa shape index (κ2) is 20.4. The SMILES string of the molecule is O=C([O-])[O-].O=P([O-])([O-])[O-].[Ca+2].[Mg+2].[Mg+2].[Mg+2]. The molecule has 56 valence electrons. The van der Waals surface area contributed by atoms with E-state index in [9.17, 15) is 0 Å². The van der Waals surface area contributed by atoms with Crippen LogP contribution < -0.4 is 24.9 Å². The van der Waals surface area contributed by atoms with E-state index in [0.29, 0.717) is 0 Å². The third-order valence-electron chi connectivity index (χ3n) is 0. The van der Waals surface area contributed by atoms with Crippen LogP contribution in [0.2, 0.25) is 0 Å². The molecule has 0 rings (SSSR count). The maximum Gasteiger partial charge on any atom is 2.00 e. The van der Waals surface area contributed by atoms with E-state index in [1.165, 1.54) is 0 Å². The molecule has 0 saturated carbocycles. The Hall–Kier alpha value is 2.94. The van der Waals surface area contributed by atoms with Gasteiger partial charge in [0.25, 0.3) is 0 Å². The molecule has 0 bridgehead atoms. The van der Waals surface area contributed by atoms with Crippen molar-refractivity contribution in [2.45, 2.75) is 0 Å². The van der Waals surface area contributed by atoms with Crippen molar-refractivity contribution < 1.29 is 34.3 Å². The van der Waals surface area contributed by atoms with Gasteiger partial charge in [-0.3, -0.25) is 0 Å². The summed E-state index contributed by atoms with van der Waals surface area (Å²) in [5.41, 5.74) is 0. The number of hydrogen-bond acceptors (Lipinski definition) is 7. The Bertz CT molecular complexity index is 123. The zero-order valence-electron chi connectivity index (χ0n) is 6.63. The summed E-state index contributed by atoms with van der Waals surface area (Å²) in [6.45, 7) is 0. The minimum atomic E-state index is -5.39. The molecule has 0 aromatic rings. The molecule has 0 aliphatic heterocycles. The van der Waals surface area contributed by atoms with Crippen LogP contribution in [0.4, 0.5) is 4.79 Å². The van der Waals surface area contributed by atoms with Gasteiger partial charge in [0.15, 0.2) is 0 Å². The summed E-state index contributed by atoms with van der Waals surface area (Å²) in [6.07, 6.45) is -2.33. The second-order valence-electron chi connectivity index (χ2n) is 0.697. The Morgan fingerprint density at radius 1 is 0.923 bits per heavy atom. The van der Waals surface area contributed by atoms with Gasteiger partial charge in [-0.1, -0.05) is 0 Å². The minimum absolute atomic E-state index is 0. The number of rotatable bonds is 0. The van der Waals surface area contributed by atoms with Crippen molar-refractivity contribution in [2.75, 3.05) is 0 Å². The van der Waals surface area contributed by atoms with Crippen LogP contribution in [-0.2, 0) is 4.57 Å². The van der Waals surface area contributed by atoms with Crippen molar-refractivity contribution in [1.29, 1.82) is 0 Å². The summed E-state index contributed by atoms with van der Waals surface area (Å²) in [6, 6.07) is 0. The van der Waals surface area contributed by atoms with Gasteiger partial charge in [0.05, 0.1) is 0 Å². The minimum Gasteiger partial charge on any atom is -0.822 e. The Labute approximate surface area is 152 Å². The van der Waals surface area contributed by atoms with Crippen molar-refractivity contribution in [1.82, 2.24) is 0 Å². The van der Waals surface area contributed by atoms with Gasteiger partial charge in [-0.2, -0.15) is 7.82 Å². The first kappa shape index (κ1) is 36.0. The summed E-state index contributed by atoms with van der Waals surface area (Å²) in [5, 5.41) is 16.7. The van der Waals surface area contributed by atoms with Gasteiger partial charge in [-0.05, 0) is 6.16 Å². The van der Waals surface area contributed by atoms with E-state index in [1.807, 2.05) is 0 Å². The van der Waals surface area contributed by atoms with Crippen molar-refractivity contribution in [2.24, 2.45) is 0 Å². The number of hydrogen-bond donors (Lipinski definition) is 0. The molecule has 0 atom stereocenters. The molecule has 0 radical (unpaired) electrons. The Morgan fingerprint density at radius 2 is 0.923 bits per heavy atom. The molecule has 0 N–H and O–H groups in total. The van der Waals surface area contributed by atoms with Gasteiger partial charge in [0.2, 0.25) is 0 Å². The largest absolute Gasteiger partial charge is 2.00 e. The van der Waals surface area contributed by atoms with Crippen molar-refractivity contribution >= 4 is 121 Å². The zero-order valence-corrected chi connectivity index (χ0v) is 14.0. The molecule has 0 aliphatic rings. The summed E-state index contributed by atoms with van der Waals surface area (Å²) < 4.78 is 8.55. The van der Waals surface area contributed by atoms with Crippen LogP contribution in [0.3, 0.4) is 0 Å². The normalized spacial score (nSPS) is 6.38. The van der Waals surface area contributed by atoms with Crippen LogP contribution in [0.15, 0.2) is 0 Å². The average Bonchev–Trinajstić information content (AvgIpc) is 1.19. The molecular weight excluding hydrogens is 268 g/mol. The van der Waals surface area contributed by atoms with Crippen LogP contribution in [0.1, 0.15) is 0 Å². The Kier molecular flexibility index (Phi) is 56.4. The van der Waals surface area contributed by atoms with Crippen LogP contribution in [0.25, 0.3) is 0 Å². The van der Waals surface area contributed by atoms with Crippen molar-refractivity contribution in [3.05, 3.63) is 0 Å². The van der Waals surface area contributed by atoms with E-state index in [4.69, 9.17) is 34.3 Å². The van der Waals surface area contributed by atoms with Crippen LogP contribution in [-0.4, -0.2) is 113 Å². The Morgan fingerprint density at radius 3 is 0.923 bits per heavy atom. The average molecular weight is 268 g/mol. The molecule has 0 amide bonds.